The second-order valence-corrected chi connectivity index (χ2v) is 12.4. The fourth-order valence-electron chi connectivity index (χ4n) is 4.61. The Labute approximate surface area is 240 Å². The highest BCUT2D eigenvalue weighted by Crippen LogP contribution is 2.31. The lowest BCUT2D eigenvalue weighted by molar-refractivity contribution is -0.152. The molecule has 0 aromatic heterocycles. The number of piperidine rings is 1. The molecule has 0 bridgehead atoms. The molecular weight excluding hydrogens is 537 g/mol. The fourth-order valence-corrected chi connectivity index (χ4v) is 4.61. The molecular formula is C27H42BN3O10. The van der Waals surface area contributed by atoms with E-state index in [2.05, 4.69) is 10.6 Å². The summed E-state index contributed by atoms with van der Waals surface area (Å²) in [6, 6.07) is 4.84. The van der Waals surface area contributed by atoms with E-state index in [1.54, 1.807) is 53.7 Å². The predicted octanol–water partition coefficient (Wildman–Crippen LogP) is 1.89. The van der Waals surface area contributed by atoms with Crippen LogP contribution in [0.5, 0.6) is 5.75 Å². The summed E-state index contributed by atoms with van der Waals surface area (Å²) >= 11 is 0. The highest BCUT2D eigenvalue weighted by atomic mass is 16.6. The number of nitrogens with one attached hydrogen (secondary N) is 2. The highest BCUT2D eigenvalue weighted by Gasteiger charge is 2.49. The molecule has 1 fully saturated rings. The second-order valence-electron chi connectivity index (χ2n) is 12.4. The number of hydrogen-bond donors (Lipinski definition) is 6. The number of carbonyl (C=O) groups is 4. The van der Waals surface area contributed by atoms with Crippen molar-refractivity contribution in [1.29, 1.82) is 0 Å². The number of phenols is 1. The predicted molar refractivity (Wildman–Crippen MR) is 149 cm³/mol. The van der Waals surface area contributed by atoms with E-state index >= 15 is 0 Å². The minimum atomic E-state index is -1.95. The van der Waals surface area contributed by atoms with Crippen LogP contribution in [0, 0.1) is 5.92 Å². The van der Waals surface area contributed by atoms with E-state index in [1.165, 1.54) is 17.0 Å². The quantitative estimate of drug-likeness (QED) is 0.235. The first-order valence-electron chi connectivity index (χ1n) is 13.5. The van der Waals surface area contributed by atoms with Gasteiger partial charge in [-0.1, -0.05) is 18.6 Å². The monoisotopic (exact) mass is 579 g/mol. The summed E-state index contributed by atoms with van der Waals surface area (Å²) in [7, 11) is -1.64. The van der Waals surface area contributed by atoms with Crippen LogP contribution >= 0.6 is 0 Å². The molecule has 0 aliphatic carbocycles. The summed E-state index contributed by atoms with van der Waals surface area (Å²) in [5, 5.41) is 43.8. The first-order valence-corrected chi connectivity index (χ1v) is 13.5. The number of benzene rings is 1. The lowest BCUT2D eigenvalue weighted by atomic mass is 9.75. The summed E-state index contributed by atoms with van der Waals surface area (Å²) in [5.41, 5.74) is -3.12. The van der Waals surface area contributed by atoms with Crippen molar-refractivity contribution in [3.05, 3.63) is 29.8 Å². The van der Waals surface area contributed by atoms with Crippen molar-refractivity contribution in [3.63, 3.8) is 0 Å². The van der Waals surface area contributed by atoms with E-state index in [1.807, 2.05) is 0 Å². The fraction of sp³-hybridized carbons (Fsp3) is 0.630. The molecule has 6 N–H and O–H groups in total. The molecule has 2 rings (SSSR count). The Morgan fingerprint density at radius 3 is 2.10 bits per heavy atom. The number of phenolic OH excluding ortho intramolecular Hbond substituents is 1. The van der Waals surface area contributed by atoms with Crippen molar-refractivity contribution in [1.82, 2.24) is 15.5 Å². The van der Waals surface area contributed by atoms with Crippen LogP contribution in [0.3, 0.4) is 0 Å². The Kier molecular flexibility index (Phi) is 11.0. The molecule has 1 aliphatic heterocycles. The van der Waals surface area contributed by atoms with Gasteiger partial charge < -0.3 is 45.3 Å². The molecule has 1 aromatic carbocycles. The number of ether oxygens (including phenoxy) is 2. The van der Waals surface area contributed by atoms with Crippen molar-refractivity contribution >= 4 is 31.2 Å². The van der Waals surface area contributed by atoms with Gasteiger partial charge in [0.25, 0.3) is 0 Å². The molecule has 3 atom stereocenters. The van der Waals surface area contributed by atoms with Gasteiger partial charge in [0.05, 0.1) is 6.54 Å². The molecule has 0 spiro atoms. The number of amides is 3. The molecule has 0 unspecified atom stereocenters. The van der Waals surface area contributed by atoms with Crippen LogP contribution in [-0.4, -0.2) is 92.2 Å². The molecule has 1 aliphatic rings. The number of carboxylic acids is 1. The molecule has 14 heteroatoms. The smallest absolute Gasteiger partial charge is 0.451 e. The lowest BCUT2D eigenvalue weighted by Gasteiger charge is -2.45. The van der Waals surface area contributed by atoms with Crippen molar-refractivity contribution < 1.29 is 48.9 Å². The molecule has 1 heterocycles. The van der Waals surface area contributed by atoms with Crippen molar-refractivity contribution in [2.45, 2.75) is 89.9 Å². The largest absolute Gasteiger partial charge is 0.508 e. The van der Waals surface area contributed by atoms with Crippen molar-refractivity contribution in [2.75, 3.05) is 13.1 Å². The summed E-state index contributed by atoms with van der Waals surface area (Å²) in [6.07, 6.45) is -1.88. The Bertz CT molecular complexity index is 1080. The van der Waals surface area contributed by atoms with Gasteiger partial charge in [0.1, 0.15) is 23.0 Å². The van der Waals surface area contributed by atoms with Gasteiger partial charge in [0.15, 0.2) is 5.54 Å². The number of carboxylic acid groups (broad SMARTS) is 1. The summed E-state index contributed by atoms with van der Waals surface area (Å²) in [6.45, 7) is 9.47. The van der Waals surface area contributed by atoms with Crippen LogP contribution in [0.15, 0.2) is 24.3 Å². The zero-order chi connectivity index (χ0) is 31.2. The maximum atomic E-state index is 13.9. The Balaban J connectivity index is 2.44. The van der Waals surface area contributed by atoms with E-state index in [-0.39, 0.29) is 37.9 Å². The van der Waals surface area contributed by atoms with E-state index in [9.17, 15) is 39.4 Å². The number of nitrogens with zero attached hydrogens (tertiary/aromatic N) is 1. The molecule has 0 saturated carbocycles. The van der Waals surface area contributed by atoms with Crippen LogP contribution in [-0.2, 0) is 25.5 Å². The van der Waals surface area contributed by atoms with Gasteiger partial charge in [0, 0.05) is 13.0 Å². The third-order valence-corrected chi connectivity index (χ3v) is 6.24. The zero-order valence-electron chi connectivity index (χ0n) is 24.5. The number of aromatic hydroxyl groups is 1. The highest BCUT2D eigenvalue weighted by molar-refractivity contribution is 6.40. The third kappa shape index (κ3) is 11.1. The number of likely N-dealkylation sites (tertiary alicyclic amines) is 1. The molecule has 1 saturated heterocycles. The minimum absolute atomic E-state index is 0.00551. The third-order valence-electron chi connectivity index (χ3n) is 6.24. The average molecular weight is 579 g/mol. The van der Waals surface area contributed by atoms with E-state index < -0.39 is 66.4 Å². The van der Waals surface area contributed by atoms with Crippen LogP contribution in [0.25, 0.3) is 0 Å². The van der Waals surface area contributed by atoms with Gasteiger partial charge >= 0.3 is 25.3 Å². The van der Waals surface area contributed by atoms with Gasteiger partial charge in [0.2, 0.25) is 5.91 Å². The normalized spacial score (nSPS) is 20.0. The van der Waals surface area contributed by atoms with Crippen LogP contribution < -0.4 is 10.6 Å². The van der Waals surface area contributed by atoms with Crippen LogP contribution in [0.4, 0.5) is 9.59 Å². The summed E-state index contributed by atoms with van der Waals surface area (Å²) in [5.74, 6) is -2.56. The number of alkyl carbamates (subject to hydrolysis) is 2. The van der Waals surface area contributed by atoms with Gasteiger partial charge in [-0.2, -0.15) is 0 Å². The molecule has 1 aromatic rings. The zero-order valence-corrected chi connectivity index (χ0v) is 24.5. The van der Waals surface area contributed by atoms with Crippen molar-refractivity contribution in [3.8, 4) is 5.75 Å². The topological polar surface area (TPSA) is 195 Å². The molecule has 0 radical (unpaired) electrons. The minimum Gasteiger partial charge on any atom is -0.508 e. The maximum absolute atomic E-state index is 13.9. The Morgan fingerprint density at radius 2 is 1.59 bits per heavy atom. The van der Waals surface area contributed by atoms with E-state index in [0.717, 1.165) is 0 Å². The SMILES string of the molecule is CC(C)(C)OC(=O)N[C@@H](Cc1ccc(O)cc1)C(=O)N1C[C@@H](CCB(O)O)C[C@](NC(=O)OC(C)(C)C)(C(=O)O)C1. The standard InChI is InChI=1S/C27H42BN3O10/c1-25(2,3)40-23(36)29-20(13-17-7-9-19(32)10-8-17)21(33)31-15-18(11-12-28(38)39)14-27(16-31,22(34)35)30-24(37)41-26(4,5)6/h7-10,18,20,32,38-39H,11-16H2,1-6H3,(H,29,36)(H,30,37)(H,34,35)/t18-,20-,27+/m0/s1. The van der Waals surface area contributed by atoms with E-state index in [4.69, 9.17) is 9.47 Å². The number of aliphatic carboxylic acids is 1. The molecule has 3 amide bonds. The Hall–Kier alpha value is -3.52. The lowest BCUT2D eigenvalue weighted by Crippen LogP contribution is -2.67. The van der Waals surface area contributed by atoms with Gasteiger partial charge in [-0.05, 0) is 77.9 Å². The Morgan fingerprint density at radius 1 is 1.02 bits per heavy atom. The number of rotatable bonds is 9. The summed E-state index contributed by atoms with van der Waals surface area (Å²) < 4.78 is 10.6. The molecule has 13 nitrogen and oxygen atoms in total. The van der Waals surface area contributed by atoms with E-state index in [0.29, 0.717) is 5.56 Å². The first kappa shape index (κ1) is 33.7. The second kappa shape index (κ2) is 13.4. The van der Waals surface area contributed by atoms with Gasteiger partial charge in [-0.25, -0.2) is 14.4 Å². The maximum Gasteiger partial charge on any atom is 0.451 e. The summed E-state index contributed by atoms with van der Waals surface area (Å²) in [4.78, 5) is 53.2. The number of hydrogen-bond acceptors (Lipinski definition) is 9. The first-order chi connectivity index (χ1) is 18.8. The molecule has 41 heavy (non-hydrogen) atoms. The van der Waals surface area contributed by atoms with Crippen LogP contribution in [0.1, 0.15) is 59.9 Å². The molecule has 228 valence electrons. The number of carbonyl (C=O) groups excluding carboxylic acids is 3. The van der Waals surface area contributed by atoms with Crippen molar-refractivity contribution in [2.24, 2.45) is 5.92 Å². The van der Waals surface area contributed by atoms with Crippen LogP contribution in [0.2, 0.25) is 6.32 Å². The van der Waals surface area contributed by atoms with Gasteiger partial charge in [-0.3, -0.25) is 4.79 Å². The average Bonchev–Trinajstić information content (AvgIpc) is 2.80. The van der Waals surface area contributed by atoms with Gasteiger partial charge in [-0.15, -0.1) is 0 Å².